The maximum atomic E-state index is 6.57. The van der Waals surface area contributed by atoms with Crippen LogP contribution in [0.2, 0.25) is 0 Å². The van der Waals surface area contributed by atoms with Gasteiger partial charge in [0.15, 0.2) is 0 Å². The van der Waals surface area contributed by atoms with E-state index in [0.717, 1.165) is 6.54 Å². The molecule has 110 valence electrons. The summed E-state index contributed by atoms with van der Waals surface area (Å²) in [5, 5.41) is 3.64. The third-order valence-electron chi connectivity index (χ3n) is 6.06. The Morgan fingerprint density at radius 3 is 2.47 bits per heavy atom. The lowest BCUT2D eigenvalue weighted by atomic mass is 9.82. The van der Waals surface area contributed by atoms with Crippen molar-refractivity contribution >= 4 is 0 Å². The highest BCUT2D eigenvalue weighted by atomic mass is 16.5. The zero-order chi connectivity index (χ0) is 13.3. The highest BCUT2D eigenvalue weighted by Gasteiger charge is 2.51. The summed E-state index contributed by atoms with van der Waals surface area (Å²) in [4.78, 5) is 0. The van der Waals surface area contributed by atoms with Crippen LogP contribution < -0.4 is 5.32 Å². The maximum Gasteiger partial charge on any atom is 0.0687 e. The van der Waals surface area contributed by atoms with Crippen LogP contribution in [-0.2, 0) is 4.74 Å². The molecule has 1 N–H and O–H groups in total. The fraction of sp³-hybridized carbons (Fsp3) is 1.00. The molecule has 1 spiro atoms. The molecule has 0 amide bonds. The third kappa shape index (κ3) is 2.85. The second-order valence-corrected chi connectivity index (χ2v) is 7.37. The molecular formula is C17H31NO. The summed E-state index contributed by atoms with van der Waals surface area (Å²) < 4.78 is 6.57. The summed E-state index contributed by atoms with van der Waals surface area (Å²) in [5.41, 5.74) is 0.876. The SMILES string of the molecule is CCNC(C)C1(CC2CCC3(CCCCC3)O2)CC1. The number of ether oxygens (including phenoxy) is 1. The van der Waals surface area contributed by atoms with Crippen molar-refractivity contribution in [3.05, 3.63) is 0 Å². The van der Waals surface area contributed by atoms with Crippen molar-refractivity contribution in [3.8, 4) is 0 Å². The average molecular weight is 265 g/mol. The van der Waals surface area contributed by atoms with Gasteiger partial charge in [0, 0.05) is 6.04 Å². The Kier molecular flexibility index (Phi) is 3.92. The van der Waals surface area contributed by atoms with Gasteiger partial charge in [-0.3, -0.25) is 0 Å². The highest BCUT2D eigenvalue weighted by Crippen LogP contribution is 2.55. The van der Waals surface area contributed by atoms with E-state index in [4.69, 9.17) is 4.74 Å². The molecule has 2 nitrogen and oxygen atoms in total. The van der Waals surface area contributed by atoms with Gasteiger partial charge < -0.3 is 10.1 Å². The van der Waals surface area contributed by atoms with E-state index in [9.17, 15) is 0 Å². The van der Waals surface area contributed by atoms with E-state index in [1.165, 1.54) is 64.2 Å². The lowest BCUT2D eigenvalue weighted by Gasteiger charge is -2.34. The van der Waals surface area contributed by atoms with Crippen LogP contribution >= 0.6 is 0 Å². The summed E-state index contributed by atoms with van der Waals surface area (Å²) in [6, 6.07) is 0.670. The molecule has 0 aromatic carbocycles. The van der Waals surface area contributed by atoms with Crippen LogP contribution in [0.4, 0.5) is 0 Å². The summed E-state index contributed by atoms with van der Waals surface area (Å²) in [5.74, 6) is 0. The van der Waals surface area contributed by atoms with Gasteiger partial charge in [-0.1, -0.05) is 26.2 Å². The van der Waals surface area contributed by atoms with Crippen molar-refractivity contribution < 1.29 is 4.74 Å². The first-order valence-corrected chi connectivity index (χ1v) is 8.59. The van der Waals surface area contributed by atoms with Crippen LogP contribution in [0.3, 0.4) is 0 Å². The lowest BCUT2D eigenvalue weighted by molar-refractivity contribution is -0.0724. The predicted molar refractivity (Wildman–Crippen MR) is 79.3 cm³/mol. The first-order chi connectivity index (χ1) is 9.18. The Labute approximate surface area is 118 Å². The zero-order valence-corrected chi connectivity index (χ0v) is 12.8. The van der Waals surface area contributed by atoms with Crippen molar-refractivity contribution in [2.75, 3.05) is 6.54 Å². The molecule has 2 unspecified atom stereocenters. The monoisotopic (exact) mass is 265 g/mol. The van der Waals surface area contributed by atoms with Gasteiger partial charge in [-0.25, -0.2) is 0 Å². The maximum absolute atomic E-state index is 6.57. The quantitative estimate of drug-likeness (QED) is 0.810. The van der Waals surface area contributed by atoms with E-state index < -0.39 is 0 Å². The minimum absolute atomic E-state index is 0.306. The molecule has 0 radical (unpaired) electrons. The Bertz CT molecular complexity index is 304. The van der Waals surface area contributed by atoms with Gasteiger partial charge in [0.25, 0.3) is 0 Å². The molecule has 3 fully saturated rings. The van der Waals surface area contributed by atoms with Gasteiger partial charge in [0.2, 0.25) is 0 Å². The van der Waals surface area contributed by atoms with Crippen molar-refractivity contribution in [2.24, 2.45) is 5.41 Å². The predicted octanol–water partition coefficient (Wildman–Crippen LogP) is 4.04. The van der Waals surface area contributed by atoms with Crippen LogP contribution in [0.25, 0.3) is 0 Å². The van der Waals surface area contributed by atoms with E-state index in [-0.39, 0.29) is 0 Å². The fourth-order valence-electron chi connectivity index (χ4n) is 4.55. The van der Waals surface area contributed by atoms with Crippen molar-refractivity contribution in [1.82, 2.24) is 5.32 Å². The van der Waals surface area contributed by atoms with Crippen LogP contribution in [0.15, 0.2) is 0 Å². The van der Waals surface area contributed by atoms with Gasteiger partial charge in [-0.05, 0) is 63.8 Å². The molecule has 0 bridgehead atoms. The number of rotatable bonds is 5. The molecule has 2 saturated carbocycles. The minimum Gasteiger partial charge on any atom is -0.372 e. The minimum atomic E-state index is 0.306. The van der Waals surface area contributed by atoms with E-state index >= 15 is 0 Å². The molecule has 2 heteroatoms. The Morgan fingerprint density at radius 1 is 1.11 bits per heavy atom. The molecule has 1 heterocycles. The van der Waals surface area contributed by atoms with Gasteiger partial charge in [-0.15, -0.1) is 0 Å². The van der Waals surface area contributed by atoms with E-state index in [1.54, 1.807) is 0 Å². The standard InChI is InChI=1S/C17H31NO/c1-3-18-14(2)16(11-12-16)13-15-7-10-17(19-15)8-5-4-6-9-17/h14-15,18H,3-13H2,1-2H3. The summed E-state index contributed by atoms with van der Waals surface area (Å²) in [7, 11) is 0. The fourth-order valence-corrected chi connectivity index (χ4v) is 4.55. The molecule has 1 saturated heterocycles. The highest BCUT2D eigenvalue weighted by molar-refractivity contribution is 5.03. The van der Waals surface area contributed by atoms with Crippen LogP contribution in [0.1, 0.15) is 78.1 Å². The topological polar surface area (TPSA) is 21.3 Å². The molecule has 2 atom stereocenters. The molecular weight excluding hydrogens is 234 g/mol. The molecule has 2 aliphatic carbocycles. The first-order valence-electron chi connectivity index (χ1n) is 8.59. The first kappa shape index (κ1) is 13.9. The number of hydrogen-bond acceptors (Lipinski definition) is 2. The number of hydrogen-bond donors (Lipinski definition) is 1. The zero-order valence-electron chi connectivity index (χ0n) is 12.8. The average Bonchev–Trinajstić information content (AvgIpc) is 3.10. The van der Waals surface area contributed by atoms with Crippen LogP contribution in [-0.4, -0.2) is 24.3 Å². The normalized spacial score (nSPS) is 33.5. The van der Waals surface area contributed by atoms with Gasteiger partial charge in [0.05, 0.1) is 11.7 Å². The second-order valence-electron chi connectivity index (χ2n) is 7.37. The van der Waals surface area contributed by atoms with E-state index in [1.807, 2.05) is 0 Å². The molecule has 0 aromatic rings. The van der Waals surface area contributed by atoms with E-state index in [0.29, 0.717) is 23.2 Å². The summed E-state index contributed by atoms with van der Waals surface area (Å²) in [6.45, 7) is 5.69. The molecule has 0 aromatic heterocycles. The van der Waals surface area contributed by atoms with Gasteiger partial charge >= 0.3 is 0 Å². The van der Waals surface area contributed by atoms with Crippen LogP contribution in [0.5, 0.6) is 0 Å². The van der Waals surface area contributed by atoms with Gasteiger partial charge in [0.1, 0.15) is 0 Å². The summed E-state index contributed by atoms with van der Waals surface area (Å²) >= 11 is 0. The Balaban J connectivity index is 1.54. The van der Waals surface area contributed by atoms with Crippen molar-refractivity contribution in [2.45, 2.75) is 95.8 Å². The molecule has 3 rings (SSSR count). The molecule has 3 aliphatic rings. The van der Waals surface area contributed by atoms with Gasteiger partial charge in [-0.2, -0.15) is 0 Å². The van der Waals surface area contributed by atoms with Crippen molar-refractivity contribution in [3.63, 3.8) is 0 Å². The smallest absolute Gasteiger partial charge is 0.0687 e. The number of nitrogens with one attached hydrogen (secondary N) is 1. The van der Waals surface area contributed by atoms with E-state index in [2.05, 4.69) is 19.2 Å². The largest absolute Gasteiger partial charge is 0.372 e. The molecule has 19 heavy (non-hydrogen) atoms. The lowest BCUT2D eigenvalue weighted by Crippen LogP contribution is -2.37. The van der Waals surface area contributed by atoms with Crippen molar-refractivity contribution in [1.29, 1.82) is 0 Å². The van der Waals surface area contributed by atoms with Crippen LogP contribution in [0, 0.1) is 5.41 Å². The Morgan fingerprint density at radius 2 is 1.84 bits per heavy atom. The molecule has 1 aliphatic heterocycles. The second kappa shape index (κ2) is 5.37. The third-order valence-corrected chi connectivity index (χ3v) is 6.06. The summed E-state index contributed by atoms with van der Waals surface area (Å²) in [6.07, 6.45) is 14.2. The Hall–Kier alpha value is -0.0800.